The number of amides is 1. The van der Waals surface area contributed by atoms with E-state index in [1.165, 1.54) is 6.07 Å². The Kier molecular flexibility index (Phi) is 4.68. The second-order valence-corrected chi connectivity index (χ2v) is 4.85. The van der Waals surface area contributed by atoms with E-state index in [4.69, 9.17) is 0 Å². The number of benzene rings is 1. The highest BCUT2D eigenvalue weighted by Gasteiger charge is 2.14. The van der Waals surface area contributed by atoms with Crippen molar-refractivity contribution in [3.8, 4) is 0 Å². The third-order valence-electron chi connectivity index (χ3n) is 2.62. The fourth-order valence-electron chi connectivity index (χ4n) is 1.70. The van der Waals surface area contributed by atoms with E-state index >= 15 is 0 Å². The molecule has 19 heavy (non-hydrogen) atoms. The molecule has 0 saturated carbocycles. The molecule has 0 saturated heterocycles. The lowest BCUT2D eigenvalue weighted by molar-refractivity contribution is 0.0948. The lowest BCUT2D eigenvalue weighted by atomic mass is 10.2. The predicted octanol–water partition coefficient (Wildman–Crippen LogP) is 2.67. The second-order valence-electron chi connectivity index (χ2n) is 3.99. The van der Waals surface area contributed by atoms with Crippen LogP contribution in [-0.2, 0) is 6.42 Å². The van der Waals surface area contributed by atoms with Crippen LogP contribution in [0.2, 0.25) is 0 Å². The minimum atomic E-state index is -0.530. The second kappa shape index (κ2) is 6.47. The summed E-state index contributed by atoms with van der Waals surface area (Å²) >= 11 is 3.17. The zero-order chi connectivity index (χ0) is 13.7. The summed E-state index contributed by atoms with van der Waals surface area (Å²) in [6, 6.07) is 4.45. The van der Waals surface area contributed by atoms with Gasteiger partial charge in [0.05, 0.1) is 5.56 Å². The standard InChI is InChI=1S/C13H13BrFN3O/c14-9-3-1-4-10(15)12(9)13(19)18-6-2-5-11-16-7-8-17-11/h1,3-4,7-8H,2,5-6H2,(H,16,17)(H,18,19). The number of carbonyl (C=O) groups is 1. The van der Waals surface area contributed by atoms with Gasteiger partial charge in [-0.3, -0.25) is 4.79 Å². The van der Waals surface area contributed by atoms with Gasteiger partial charge in [-0.25, -0.2) is 9.37 Å². The molecule has 0 radical (unpaired) electrons. The van der Waals surface area contributed by atoms with Crippen molar-refractivity contribution in [2.45, 2.75) is 12.8 Å². The molecule has 6 heteroatoms. The molecule has 4 nitrogen and oxygen atoms in total. The lowest BCUT2D eigenvalue weighted by Gasteiger charge is -2.07. The van der Waals surface area contributed by atoms with E-state index in [1.54, 1.807) is 24.5 Å². The largest absolute Gasteiger partial charge is 0.352 e. The van der Waals surface area contributed by atoms with E-state index in [2.05, 4.69) is 31.2 Å². The number of aryl methyl sites for hydroxylation is 1. The Balaban J connectivity index is 1.84. The molecule has 0 aliphatic heterocycles. The normalized spacial score (nSPS) is 10.4. The third kappa shape index (κ3) is 3.64. The van der Waals surface area contributed by atoms with Crippen molar-refractivity contribution >= 4 is 21.8 Å². The van der Waals surface area contributed by atoms with E-state index < -0.39 is 11.7 Å². The lowest BCUT2D eigenvalue weighted by Crippen LogP contribution is -2.26. The van der Waals surface area contributed by atoms with Crippen LogP contribution in [0.5, 0.6) is 0 Å². The van der Waals surface area contributed by atoms with Gasteiger partial charge in [-0.1, -0.05) is 6.07 Å². The number of hydrogen-bond acceptors (Lipinski definition) is 2. The summed E-state index contributed by atoms with van der Waals surface area (Å²) in [6.45, 7) is 0.473. The molecule has 100 valence electrons. The zero-order valence-corrected chi connectivity index (χ0v) is 11.7. The number of nitrogens with zero attached hydrogens (tertiary/aromatic N) is 1. The molecule has 0 bridgehead atoms. The first kappa shape index (κ1) is 13.7. The third-order valence-corrected chi connectivity index (χ3v) is 3.28. The average molecular weight is 326 g/mol. The summed E-state index contributed by atoms with van der Waals surface area (Å²) in [5.74, 6) is -0.0661. The van der Waals surface area contributed by atoms with E-state index in [1.807, 2.05) is 0 Å². The number of imidazole rings is 1. The van der Waals surface area contributed by atoms with Crippen LogP contribution in [0.4, 0.5) is 4.39 Å². The highest BCUT2D eigenvalue weighted by molar-refractivity contribution is 9.10. The van der Waals surface area contributed by atoms with Gasteiger partial charge in [0.1, 0.15) is 11.6 Å². The molecule has 0 unspecified atom stereocenters. The molecule has 1 aromatic heterocycles. The van der Waals surface area contributed by atoms with Crippen molar-refractivity contribution in [1.82, 2.24) is 15.3 Å². The van der Waals surface area contributed by atoms with Crippen LogP contribution in [0, 0.1) is 5.82 Å². The van der Waals surface area contributed by atoms with Gasteiger partial charge in [0, 0.05) is 29.8 Å². The SMILES string of the molecule is O=C(NCCCc1ncc[nH]1)c1c(F)cccc1Br. The molecule has 1 aromatic carbocycles. The number of aromatic amines is 1. The smallest absolute Gasteiger partial charge is 0.255 e. The number of halogens is 2. The van der Waals surface area contributed by atoms with Gasteiger partial charge >= 0.3 is 0 Å². The number of aromatic nitrogens is 2. The first-order valence-corrected chi connectivity index (χ1v) is 6.68. The van der Waals surface area contributed by atoms with Crippen molar-refractivity contribution < 1.29 is 9.18 Å². The van der Waals surface area contributed by atoms with Crippen LogP contribution in [0.15, 0.2) is 35.1 Å². The van der Waals surface area contributed by atoms with Crippen LogP contribution in [0.25, 0.3) is 0 Å². The summed E-state index contributed by atoms with van der Waals surface area (Å²) in [4.78, 5) is 18.9. The molecule has 2 aromatic rings. The summed E-state index contributed by atoms with van der Waals surface area (Å²) in [7, 11) is 0. The minimum Gasteiger partial charge on any atom is -0.352 e. The number of carbonyl (C=O) groups excluding carboxylic acids is 1. The summed E-state index contributed by atoms with van der Waals surface area (Å²) in [5.41, 5.74) is 0.0421. The highest BCUT2D eigenvalue weighted by Crippen LogP contribution is 2.19. The topological polar surface area (TPSA) is 57.8 Å². The van der Waals surface area contributed by atoms with Gasteiger partial charge in [-0.2, -0.15) is 0 Å². The maximum absolute atomic E-state index is 13.5. The maximum atomic E-state index is 13.5. The molecule has 1 heterocycles. The Bertz CT molecular complexity index is 537. The van der Waals surface area contributed by atoms with Crippen molar-refractivity contribution in [3.05, 3.63) is 52.3 Å². The predicted molar refractivity (Wildman–Crippen MR) is 73.3 cm³/mol. The average Bonchev–Trinajstić information content (AvgIpc) is 2.87. The number of hydrogen-bond donors (Lipinski definition) is 2. The molecule has 0 spiro atoms. The number of H-pyrrole nitrogens is 1. The molecule has 1 amide bonds. The molecular weight excluding hydrogens is 313 g/mol. The molecule has 2 rings (SSSR count). The van der Waals surface area contributed by atoms with Crippen molar-refractivity contribution in [2.24, 2.45) is 0 Å². The Hall–Kier alpha value is -1.69. The van der Waals surface area contributed by atoms with Crippen LogP contribution in [0.1, 0.15) is 22.6 Å². The van der Waals surface area contributed by atoms with Crippen molar-refractivity contribution in [2.75, 3.05) is 6.54 Å². The fourth-order valence-corrected chi connectivity index (χ4v) is 2.22. The number of rotatable bonds is 5. The van der Waals surface area contributed by atoms with Gasteiger partial charge in [0.2, 0.25) is 0 Å². The fraction of sp³-hybridized carbons (Fsp3) is 0.231. The van der Waals surface area contributed by atoms with E-state index in [0.29, 0.717) is 11.0 Å². The van der Waals surface area contributed by atoms with Crippen molar-refractivity contribution in [3.63, 3.8) is 0 Å². The minimum absolute atomic E-state index is 0.0421. The molecule has 2 N–H and O–H groups in total. The van der Waals surface area contributed by atoms with Gasteiger partial charge < -0.3 is 10.3 Å². The molecule has 0 fully saturated rings. The Morgan fingerprint density at radius 3 is 3.00 bits per heavy atom. The number of nitrogens with one attached hydrogen (secondary N) is 2. The van der Waals surface area contributed by atoms with Gasteiger partial charge in [-0.15, -0.1) is 0 Å². The molecular formula is C13H13BrFN3O. The summed E-state index contributed by atoms with van der Waals surface area (Å²) in [6.07, 6.45) is 4.92. The summed E-state index contributed by atoms with van der Waals surface area (Å²) < 4.78 is 14.0. The first-order valence-electron chi connectivity index (χ1n) is 5.89. The summed E-state index contributed by atoms with van der Waals surface area (Å²) in [5, 5.41) is 2.69. The van der Waals surface area contributed by atoms with Crippen LogP contribution in [0.3, 0.4) is 0 Å². The monoisotopic (exact) mass is 325 g/mol. The van der Waals surface area contributed by atoms with Gasteiger partial charge in [0.25, 0.3) is 5.91 Å². The quantitative estimate of drug-likeness (QED) is 0.830. The maximum Gasteiger partial charge on any atom is 0.255 e. The van der Waals surface area contributed by atoms with E-state index in [-0.39, 0.29) is 5.56 Å². The van der Waals surface area contributed by atoms with Gasteiger partial charge in [-0.05, 0) is 34.5 Å². The van der Waals surface area contributed by atoms with E-state index in [9.17, 15) is 9.18 Å². The zero-order valence-electron chi connectivity index (χ0n) is 10.1. The van der Waals surface area contributed by atoms with Gasteiger partial charge in [0.15, 0.2) is 0 Å². The first-order chi connectivity index (χ1) is 9.18. The Morgan fingerprint density at radius 1 is 1.47 bits per heavy atom. The van der Waals surface area contributed by atoms with Crippen LogP contribution in [-0.4, -0.2) is 22.4 Å². The van der Waals surface area contributed by atoms with Crippen molar-refractivity contribution in [1.29, 1.82) is 0 Å². The molecule has 0 aliphatic carbocycles. The Morgan fingerprint density at radius 2 is 2.32 bits per heavy atom. The van der Waals surface area contributed by atoms with Crippen LogP contribution < -0.4 is 5.32 Å². The molecule has 0 atom stereocenters. The Labute approximate surface area is 118 Å². The van der Waals surface area contributed by atoms with Crippen LogP contribution >= 0.6 is 15.9 Å². The van der Waals surface area contributed by atoms with E-state index in [0.717, 1.165) is 18.7 Å². The highest BCUT2D eigenvalue weighted by atomic mass is 79.9. The molecule has 0 aliphatic rings.